The van der Waals surface area contributed by atoms with Crippen molar-refractivity contribution in [2.45, 2.75) is 27.4 Å². The van der Waals surface area contributed by atoms with E-state index >= 15 is 0 Å². The Bertz CT molecular complexity index is 563. The third-order valence-corrected chi connectivity index (χ3v) is 3.27. The first-order valence-corrected chi connectivity index (χ1v) is 5.72. The lowest BCUT2D eigenvalue weighted by molar-refractivity contribution is 0.277. The molecule has 0 saturated heterocycles. The molecule has 0 aromatic carbocycles. The van der Waals surface area contributed by atoms with Crippen LogP contribution in [-0.4, -0.2) is 19.9 Å². The summed E-state index contributed by atoms with van der Waals surface area (Å²) in [5.74, 6) is 0.673. The van der Waals surface area contributed by atoms with Crippen LogP contribution in [-0.2, 0) is 6.61 Å². The Balaban J connectivity index is 2.57. The Hall–Kier alpha value is -1.39. The predicted molar refractivity (Wildman–Crippen MR) is 66.5 cm³/mol. The number of hydrogen-bond acceptors (Lipinski definition) is 3. The van der Waals surface area contributed by atoms with Crippen LogP contribution in [0, 0.1) is 20.8 Å². The Labute approximate surface area is 105 Å². The van der Waals surface area contributed by atoms with Gasteiger partial charge >= 0.3 is 0 Å². The number of aliphatic hydroxyl groups is 1. The first-order valence-electron chi connectivity index (χ1n) is 5.34. The van der Waals surface area contributed by atoms with Crippen LogP contribution in [0.5, 0.6) is 0 Å². The van der Waals surface area contributed by atoms with Gasteiger partial charge in [-0.15, -0.1) is 0 Å². The molecular weight excluding hydrogens is 238 g/mol. The van der Waals surface area contributed by atoms with Crippen LogP contribution in [0.25, 0.3) is 5.82 Å². The number of aromatic nitrogens is 3. The Morgan fingerprint density at radius 3 is 2.53 bits per heavy atom. The molecule has 5 heteroatoms. The van der Waals surface area contributed by atoms with E-state index in [2.05, 4.69) is 10.1 Å². The smallest absolute Gasteiger partial charge is 0.154 e. The Morgan fingerprint density at radius 2 is 2.00 bits per heavy atom. The molecule has 90 valence electrons. The summed E-state index contributed by atoms with van der Waals surface area (Å²) in [7, 11) is 0. The van der Waals surface area contributed by atoms with E-state index in [0.29, 0.717) is 16.5 Å². The van der Waals surface area contributed by atoms with Gasteiger partial charge in [-0.25, -0.2) is 9.67 Å². The third kappa shape index (κ3) is 2.06. The van der Waals surface area contributed by atoms with Gasteiger partial charge in [0.15, 0.2) is 5.82 Å². The van der Waals surface area contributed by atoms with Crippen molar-refractivity contribution in [3.63, 3.8) is 0 Å². The minimum atomic E-state index is -0.176. The highest BCUT2D eigenvalue weighted by atomic mass is 35.5. The molecule has 0 unspecified atom stereocenters. The normalized spacial score (nSPS) is 10.9. The maximum Gasteiger partial charge on any atom is 0.154 e. The van der Waals surface area contributed by atoms with Gasteiger partial charge in [0.1, 0.15) is 0 Å². The van der Waals surface area contributed by atoms with Gasteiger partial charge in [0, 0.05) is 5.69 Å². The van der Waals surface area contributed by atoms with Gasteiger partial charge in [-0.1, -0.05) is 11.6 Å². The first kappa shape index (κ1) is 12.1. The molecule has 0 bridgehead atoms. The molecular formula is C12H14ClN3O. The summed E-state index contributed by atoms with van der Waals surface area (Å²) < 4.78 is 1.76. The molecule has 2 aromatic rings. The second kappa shape index (κ2) is 4.47. The second-order valence-electron chi connectivity index (χ2n) is 3.96. The fourth-order valence-corrected chi connectivity index (χ4v) is 1.81. The summed E-state index contributed by atoms with van der Waals surface area (Å²) in [4.78, 5) is 4.29. The fraction of sp³-hybridized carbons (Fsp3) is 0.333. The van der Waals surface area contributed by atoms with E-state index in [1.165, 1.54) is 0 Å². The highest BCUT2D eigenvalue weighted by Gasteiger charge is 2.11. The second-order valence-corrected chi connectivity index (χ2v) is 4.37. The van der Waals surface area contributed by atoms with Gasteiger partial charge in [-0.3, -0.25) is 0 Å². The largest absolute Gasteiger partial charge is 0.390 e. The Kier molecular flexibility index (Phi) is 3.17. The van der Waals surface area contributed by atoms with Crippen molar-refractivity contribution in [3.8, 4) is 5.82 Å². The average molecular weight is 252 g/mol. The van der Waals surface area contributed by atoms with E-state index in [4.69, 9.17) is 16.7 Å². The predicted octanol–water partition coefficient (Wildman–Crippen LogP) is 2.34. The summed E-state index contributed by atoms with van der Waals surface area (Å²) in [5, 5.41) is 14.0. The van der Waals surface area contributed by atoms with E-state index < -0.39 is 0 Å². The van der Waals surface area contributed by atoms with E-state index in [9.17, 15) is 0 Å². The molecule has 2 heterocycles. The zero-order chi connectivity index (χ0) is 12.6. The van der Waals surface area contributed by atoms with Gasteiger partial charge < -0.3 is 5.11 Å². The number of nitrogens with zero attached hydrogens (tertiary/aromatic N) is 3. The van der Waals surface area contributed by atoms with Crippen molar-refractivity contribution in [3.05, 3.63) is 39.8 Å². The number of halogens is 1. The molecule has 0 atom stereocenters. The lowest BCUT2D eigenvalue weighted by Gasteiger charge is -2.06. The van der Waals surface area contributed by atoms with Crippen molar-refractivity contribution in [2.24, 2.45) is 0 Å². The van der Waals surface area contributed by atoms with Crippen LogP contribution in [0.4, 0.5) is 0 Å². The summed E-state index contributed by atoms with van der Waals surface area (Å²) in [6, 6.07) is 3.52. The van der Waals surface area contributed by atoms with Crippen LogP contribution in [0.15, 0.2) is 12.1 Å². The minimum absolute atomic E-state index is 0.176. The van der Waals surface area contributed by atoms with Crippen LogP contribution in [0.1, 0.15) is 22.6 Å². The number of hydrogen-bond donors (Lipinski definition) is 1. The van der Waals surface area contributed by atoms with Gasteiger partial charge in [-0.05, 0) is 38.5 Å². The van der Waals surface area contributed by atoms with Crippen molar-refractivity contribution < 1.29 is 5.11 Å². The van der Waals surface area contributed by atoms with Crippen molar-refractivity contribution in [1.82, 2.24) is 14.8 Å². The number of aliphatic hydroxyl groups excluding tert-OH is 1. The van der Waals surface area contributed by atoms with Crippen LogP contribution in [0.3, 0.4) is 0 Å². The fourth-order valence-electron chi connectivity index (χ4n) is 1.65. The highest BCUT2D eigenvalue weighted by Crippen LogP contribution is 2.19. The summed E-state index contributed by atoms with van der Waals surface area (Å²) in [6.45, 7) is 5.80. The van der Waals surface area contributed by atoms with E-state index in [-0.39, 0.29) is 6.61 Å². The zero-order valence-corrected chi connectivity index (χ0v) is 10.8. The molecule has 2 aromatic heterocycles. The third-order valence-electron chi connectivity index (χ3n) is 2.92. The molecule has 1 N–H and O–H groups in total. The SMILES string of the molecule is Cc1nn(-c2ccc(Cl)c(CO)n2)c(C)c1C. The molecule has 0 fully saturated rings. The molecule has 17 heavy (non-hydrogen) atoms. The average Bonchev–Trinajstić information content (AvgIpc) is 2.58. The Morgan fingerprint density at radius 1 is 1.29 bits per heavy atom. The zero-order valence-electron chi connectivity index (χ0n) is 10.0. The first-order chi connectivity index (χ1) is 8.04. The molecule has 0 amide bonds. The number of rotatable bonds is 2. The number of pyridine rings is 1. The molecule has 0 aliphatic rings. The van der Waals surface area contributed by atoms with E-state index in [1.807, 2.05) is 20.8 Å². The van der Waals surface area contributed by atoms with Gasteiger partial charge in [0.05, 0.1) is 23.0 Å². The van der Waals surface area contributed by atoms with Gasteiger partial charge in [0.2, 0.25) is 0 Å². The molecule has 0 spiro atoms. The van der Waals surface area contributed by atoms with Crippen LogP contribution < -0.4 is 0 Å². The molecule has 0 aliphatic carbocycles. The maximum absolute atomic E-state index is 9.14. The maximum atomic E-state index is 9.14. The summed E-state index contributed by atoms with van der Waals surface area (Å²) >= 11 is 5.91. The summed E-state index contributed by atoms with van der Waals surface area (Å²) in [5.41, 5.74) is 3.63. The van der Waals surface area contributed by atoms with E-state index in [1.54, 1.807) is 16.8 Å². The van der Waals surface area contributed by atoms with Crippen molar-refractivity contribution in [1.29, 1.82) is 0 Å². The standard InChI is InChI=1S/C12H14ClN3O/c1-7-8(2)15-16(9(7)3)12-5-4-10(13)11(6-17)14-12/h4-5,17H,6H2,1-3H3. The highest BCUT2D eigenvalue weighted by molar-refractivity contribution is 6.31. The summed E-state index contributed by atoms with van der Waals surface area (Å²) in [6.07, 6.45) is 0. The van der Waals surface area contributed by atoms with Gasteiger partial charge in [-0.2, -0.15) is 5.10 Å². The molecule has 4 nitrogen and oxygen atoms in total. The monoisotopic (exact) mass is 251 g/mol. The molecule has 2 rings (SSSR count). The topological polar surface area (TPSA) is 50.9 Å². The molecule has 0 aliphatic heterocycles. The number of aryl methyl sites for hydroxylation is 1. The minimum Gasteiger partial charge on any atom is -0.390 e. The van der Waals surface area contributed by atoms with Crippen molar-refractivity contribution in [2.75, 3.05) is 0 Å². The lowest BCUT2D eigenvalue weighted by Crippen LogP contribution is -2.04. The molecule has 0 radical (unpaired) electrons. The lowest BCUT2D eigenvalue weighted by atomic mass is 10.2. The molecule has 0 saturated carbocycles. The van der Waals surface area contributed by atoms with Gasteiger partial charge in [0.25, 0.3) is 0 Å². The van der Waals surface area contributed by atoms with E-state index in [0.717, 1.165) is 17.0 Å². The van der Waals surface area contributed by atoms with Crippen LogP contribution in [0.2, 0.25) is 5.02 Å². The van der Waals surface area contributed by atoms with Crippen molar-refractivity contribution >= 4 is 11.6 Å². The quantitative estimate of drug-likeness (QED) is 0.891. The van der Waals surface area contributed by atoms with Crippen LogP contribution >= 0.6 is 11.6 Å².